The maximum absolute atomic E-state index is 12.0. The van der Waals surface area contributed by atoms with Crippen LogP contribution in [0.3, 0.4) is 0 Å². The third-order valence-electron chi connectivity index (χ3n) is 3.11. The highest BCUT2D eigenvalue weighted by atomic mass is 35.5. The van der Waals surface area contributed by atoms with E-state index in [4.69, 9.17) is 5.73 Å². The molecule has 0 bridgehead atoms. The van der Waals surface area contributed by atoms with Gasteiger partial charge in [-0.15, -0.1) is 12.4 Å². The van der Waals surface area contributed by atoms with Crippen molar-refractivity contribution in [3.05, 3.63) is 30.2 Å². The van der Waals surface area contributed by atoms with Crippen LogP contribution >= 0.6 is 12.4 Å². The van der Waals surface area contributed by atoms with E-state index < -0.39 is 0 Å². The molecular formula is C14H21ClN6O. The summed E-state index contributed by atoms with van der Waals surface area (Å²) in [6, 6.07) is 3.56. The van der Waals surface area contributed by atoms with Crippen LogP contribution in [-0.2, 0) is 4.79 Å². The fourth-order valence-electron chi connectivity index (χ4n) is 1.68. The summed E-state index contributed by atoms with van der Waals surface area (Å²) in [5.41, 5.74) is 6.38. The molecule has 8 heteroatoms. The second-order valence-corrected chi connectivity index (χ2v) is 5.20. The molecule has 3 N–H and O–H groups in total. The molecule has 0 spiro atoms. The molecule has 2 heterocycles. The van der Waals surface area contributed by atoms with Crippen LogP contribution in [0.5, 0.6) is 0 Å². The third kappa shape index (κ3) is 4.02. The van der Waals surface area contributed by atoms with E-state index in [1.807, 2.05) is 19.9 Å². The lowest BCUT2D eigenvalue weighted by Gasteiger charge is -2.10. The summed E-state index contributed by atoms with van der Waals surface area (Å²) in [5, 5.41) is 7.30. The van der Waals surface area contributed by atoms with Crippen molar-refractivity contribution in [2.24, 2.45) is 11.7 Å². The topological polar surface area (TPSA) is 98.7 Å². The zero-order chi connectivity index (χ0) is 15.4. The van der Waals surface area contributed by atoms with Crippen LogP contribution in [0.1, 0.15) is 32.4 Å². The van der Waals surface area contributed by atoms with Crippen LogP contribution < -0.4 is 11.1 Å². The van der Waals surface area contributed by atoms with Crippen LogP contribution in [0.2, 0.25) is 0 Å². The zero-order valence-electron chi connectivity index (χ0n) is 12.9. The first-order valence-electron chi connectivity index (χ1n) is 6.91. The van der Waals surface area contributed by atoms with Crippen molar-refractivity contribution in [1.29, 1.82) is 0 Å². The molecule has 0 saturated heterocycles. The lowest BCUT2D eigenvalue weighted by Crippen LogP contribution is -2.27. The smallest absolute Gasteiger partial charge is 0.252 e. The zero-order valence-corrected chi connectivity index (χ0v) is 13.7. The van der Waals surface area contributed by atoms with Crippen LogP contribution in [0, 0.1) is 5.92 Å². The largest absolute Gasteiger partial charge is 0.330 e. The van der Waals surface area contributed by atoms with Gasteiger partial charge < -0.3 is 11.1 Å². The van der Waals surface area contributed by atoms with Crippen molar-refractivity contribution in [3.8, 4) is 5.95 Å². The Hall–Kier alpha value is -1.99. The Labute approximate surface area is 135 Å². The van der Waals surface area contributed by atoms with Crippen molar-refractivity contribution in [2.75, 3.05) is 11.9 Å². The number of carbonyl (C=O) groups is 1. The highest BCUT2D eigenvalue weighted by Crippen LogP contribution is 2.20. The Morgan fingerprint density at radius 1 is 1.32 bits per heavy atom. The molecule has 1 atom stereocenters. The molecule has 1 amide bonds. The molecule has 1 unspecified atom stereocenters. The summed E-state index contributed by atoms with van der Waals surface area (Å²) < 4.78 is 1.54. The Kier molecular flexibility index (Phi) is 6.45. The van der Waals surface area contributed by atoms with Gasteiger partial charge in [0.2, 0.25) is 5.91 Å². The van der Waals surface area contributed by atoms with Crippen LogP contribution in [-0.4, -0.2) is 32.2 Å². The van der Waals surface area contributed by atoms with Crippen LogP contribution in [0.25, 0.3) is 5.95 Å². The second kappa shape index (κ2) is 7.86. The first-order valence-corrected chi connectivity index (χ1v) is 6.91. The van der Waals surface area contributed by atoms with E-state index in [9.17, 15) is 4.79 Å². The fraction of sp³-hybridized carbons (Fsp3) is 0.429. The average molecular weight is 325 g/mol. The number of rotatable bonds is 5. The summed E-state index contributed by atoms with van der Waals surface area (Å²) in [6.07, 6.45) is 3.26. The van der Waals surface area contributed by atoms with Gasteiger partial charge in [0.15, 0.2) is 0 Å². The molecule has 0 aliphatic heterocycles. The van der Waals surface area contributed by atoms with E-state index in [-0.39, 0.29) is 30.2 Å². The lowest BCUT2D eigenvalue weighted by atomic mass is 10.1. The molecule has 22 heavy (non-hydrogen) atoms. The van der Waals surface area contributed by atoms with E-state index in [1.165, 1.54) is 4.68 Å². The number of aromatic nitrogens is 4. The fourth-order valence-corrected chi connectivity index (χ4v) is 1.68. The van der Waals surface area contributed by atoms with Gasteiger partial charge in [0, 0.05) is 30.9 Å². The molecule has 0 aliphatic carbocycles. The second-order valence-electron chi connectivity index (χ2n) is 5.20. The number of hydrogen-bond acceptors (Lipinski definition) is 5. The molecule has 120 valence electrons. The number of halogens is 1. The van der Waals surface area contributed by atoms with Gasteiger partial charge in [0.05, 0.1) is 5.69 Å². The van der Waals surface area contributed by atoms with E-state index >= 15 is 0 Å². The minimum Gasteiger partial charge on any atom is -0.330 e. The van der Waals surface area contributed by atoms with Gasteiger partial charge in [-0.2, -0.15) is 9.78 Å². The monoisotopic (exact) mass is 324 g/mol. The van der Waals surface area contributed by atoms with Gasteiger partial charge in [-0.25, -0.2) is 9.97 Å². The molecule has 0 aliphatic rings. The van der Waals surface area contributed by atoms with E-state index in [1.54, 1.807) is 25.4 Å². The van der Waals surface area contributed by atoms with E-state index in [0.717, 1.165) is 5.69 Å². The SMILES string of the molecule is CC(CN)C(=O)Nc1cc(C(C)C)nn1-c1ncccn1.Cl. The number of anilines is 1. The average Bonchev–Trinajstić information content (AvgIpc) is 2.91. The molecule has 2 aromatic rings. The first-order chi connectivity index (χ1) is 10.0. The molecular weight excluding hydrogens is 304 g/mol. The van der Waals surface area contributed by atoms with E-state index in [0.29, 0.717) is 18.3 Å². The van der Waals surface area contributed by atoms with Crippen molar-refractivity contribution in [2.45, 2.75) is 26.7 Å². The number of nitrogens with one attached hydrogen (secondary N) is 1. The third-order valence-corrected chi connectivity index (χ3v) is 3.11. The molecule has 0 aromatic carbocycles. The number of carbonyl (C=O) groups excluding carboxylic acids is 1. The first kappa shape index (κ1) is 18.1. The highest BCUT2D eigenvalue weighted by molar-refractivity contribution is 5.91. The number of nitrogens with zero attached hydrogens (tertiary/aromatic N) is 4. The number of amides is 1. The molecule has 2 rings (SSSR count). The predicted molar refractivity (Wildman–Crippen MR) is 87.3 cm³/mol. The van der Waals surface area contributed by atoms with Gasteiger partial charge in [0.1, 0.15) is 5.82 Å². The standard InChI is InChI=1S/C14H20N6O.ClH/c1-9(2)11-7-12(18-13(21)10(3)8-15)20(19-11)14-16-5-4-6-17-14;/h4-7,9-10H,8,15H2,1-3H3,(H,18,21);1H. The van der Waals surface area contributed by atoms with Crippen molar-refractivity contribution in [3.63, 3.8) is 0 Å². The Balaban J connectivity index is 0.00000242. The van der Waals surface area contributed by atoms with Crippen LogP contribution in [0.4, 0.5) is 5.82 Å². The summed E-state index contributed by atoms with van der Waals surface area (Å²) in [6.45, 7) is 6.14. The Morgan fingerprint density at radius 2 is 1.95 bits per heavy atom. The molecule has 2 aromatic heterocycles. The van der Waals surface area contributed by atoms with E-state index in [2.05, 4.69) is 20.4 Å². The molecule has 0 fully saturated rings. The number of hydrogen-bond donors (Lipinski definition) is 2. The minimum absolute atomic E-state index is 0. The van der Waals surface area contributed by atoms with Crippen LogP contribution in [0.15, 0.2) is 24.5 Å². The normalized spacial score (nSPS) is 11.9. The molecule has 7 nitrogen and oxygen atoms in total. The van der Waals surface area contributed by atoms with Gasteiger partial charge in [0.25, 0.3) is 5.95 Å². The van der Waals surface area contributed by atoms with Crippen molar-refractivity contribution < 1.29 is 4.79 Å². The summed E-state index contributed by atoms with van der Waals surface area (Å²) in [5.74, 6) is 0.783. The number of nitrogens with two attached hydrogens (primary N) is 1. The summed E-state index contributed by atoms with van der Waals surface area (Å²) in [7, 11) is 0. The summed E-state index contributed by atoms with van der Waals surface area (Å²) in [4.78, 5) is 20.4. The highest BCUT2D eigenvalue weighted by Gasteiger charge is 2.18. The minimum atomic E-state index is -0.271. The summed E-state index contributed by atoms with van der Waals surface area (Å²) >= 11 is 0. The Morgan fingerprint density at radius 3 is 2.50 bits per heavy atom. The molecule has 0 radical (unpaired) electrons. The van der Waals surface area contributed by atoms with Crippen molar-refractivity contribution in [1.82, 2.24) is 19.7 Å². The predicted octanol–water partition coefficient (Wildman–Crippen LogP) is 1.74. The van der Waals surface area contributed by atoms with Gasteiger partial charge in [-0.3, -0.25) is 4.79 Å². The maximum atomic E-state index is 12.0. The quantitative estimate of drug-likeness (QED) is 0.872. The Bertz CT molecular complexity index is 613. The maximum Gasteiger partial charge on any atom is 0.252 e. The van der Waals surface area contributed by atoms with Gasteiger partial charge in [-0.05, 0) is 12.0 Å². The van der Waals surface area contributed by atoms with Gasteiger partial charge >= 0.3 is 0 Å². The van der Waals surface area contributed by atoms with Crippen molar-refractivity contribution >= 4 is 24.1 Å². The molecule has 0 saturated carbocycles. The lowest BCUT2D eigenvalue weighted by molar-refractivity contribution is -0.119. The van der Waals surface area contributed by atoms with Gasteiger partial charge in [-0.1, -0.05) is 20.8 Å².